The highest BCUT2D eigenvalue weighted by Crippen LogP contribution is 2.23. The largest absolute Gasteiger partial charge is 0.370 e. The third kappa shape index (κ3) is 3.73. The average molecular weight is 336 g/mol. The molecule has 0 aliphatic carbocycles. The van der Waals surface area contributed by atoms with Gasteiger partial charge in [-0.1, -0.05) is 39.7 Å². The lowest BCUT2D eigenvalue weighted by molar-refractivity contribution is 0.922. The summed E-state index contributed by atoms with van der Waals surface area (Å²) in [6, 6.07) is 15.6. The van der Waals surface area contributed by atoms with Gasteiger partial charge in [-0.2, -0.15) is 5.26 Å². The summed E-state index contributed by atoms with van der Waals surface area (Å²) < 4.78 is 0.907. The molecule has 0 N–H and O–H groups in total. The molecule has 0 radical (unpaired) electrons. The van der Waals surface area contributed by atoms with Crippen molar-refractivity contribution >= 4 is 33.2 Å². The Kier molecular flexibility index (Phi) is 4.47. The van der Waals surface area contributed by atoms with Crippen LogP contribution < -0.4 is 4.90 Å². The summed E-state index contributed by atoms with van der Waals surface area (Å²) in [5, 5.41) is 9.72. The molecule has 96 valence electrons. The number of rotatable bonds is 3. The zero-order valence-electron chi connectivity index (χ0n) is 10.4. The first-order valence-electron chi connectivity index (χ1n) is 5.75. The molecule has 0 aliphatic rings. The van der Waals surface area contributed by atoms with Crippen LogP contribution in [0.15, 0.2) is 46.9 Å². The van der Waals surface area contributed by atoms with Gasteiger partial charge in [0, 0.05) is 28.8 Å². The molecule has 0 aromatic heterocycles. The molecule has 0 amide bonds. The summed E-state index contributed by atoms with van der Waals surface area (Å²) in [6.45, 7) is 0.762. The van der Waals surface area contributed by atoms with Gasteiger partial charge in [0.2, 0.25) is 0 Å². The zero-order valence-corrected chi connectivity index (χ0v) is 12.7. The Labute approximate surface area is 126 Å². The fourth-order valence-electron chi connectivity index (χ4n) is 1.81. The van der Waals surface area contributed by atoms with E-state index in [0.717, 1.165) is 21.7 Å². The molecule has 2 nitrogen and oxygen atoms in total. The van der Waals surface area contributed by atoms with E-state index in [0.29, 0.717) is 5.56 Å². The van der Waals surface area contributed by atoms with Crippen LogP contribution in [0.5, 0.6) is 0 Å². The normalized spacial score (nSPS) is 10.0. The van der Waals surface area contributed by atoms with E-state index in [1.807, 2.05) is 43.4 Å². The molecule has 2 rings (SSSR count). The maximum atomic E-state index is 8.98. The number of nitrogens with zero attached hydrogens (tertiary/aromatic N) is 2. The van der Waals surface area contributed by atoms with Crippen molar-refractivity contribution in [1.29, 1.82) is 5.26 Å². The number of hydrogen-bond acceptors (Lipinski definition) is 2. The van der Waals surface area contributed by atoms with Crippen molar-refractivity contribution in [3.63, 3.8) is 0 Å². The smallest absolute Gasteiger partial charge is 0.0992 e. The van der Waals surface area contributed by atoms with Crippen LogP contribution >= 0.6 is 27.5 Å². The molecule has 4 heteroatoms. The van der Waals surface area contributed by atoms with Gasteiger partial charge in [-0.15, -0.1) is 0 Å². The average Bonchev–Trinajstić information content (AvgIpc) is 2.40. The number of hydrogen-bond donors (Lipinski definition) is 0. The molecule has 19 heavy (non-hydrogen) atoms. The molecule has 2 aromatic rings. The van der Waals surface area contributed by atoms with Crippen LogP contribution in [0, 0.1) is 11.3 Å². The third-order valence-corrected chi connectivity index (χ3v) is 3.50. The molecule has 0 aliphatic heterocycles. The standard InChI is InChI=1S/C15H12BrClN2/c1-19(10-11-2-4-14(17)5-3-11)15-7-12(9-18)6-13(16)8-15/h2-8H,10H2,1H3. The summed E-state index contributed by atoms with van der Waals surface area (Å²) in [7, 11) is 2.00. The van der Waals surface area contributed by atoms with E-state index in [2.05, 4.69) is 26.9 Å². The van der Waals surface area contributed by atoms with Gasteiger partial charge in [-0.05, 0) is 35.9 Å². The summed E-state index contributed by atoms with van der Waals surface area (Å²) >= 11 is 9.29. The quantitative estimate of drug-likeness (QED) is 0.819. The molecule has 2 aromatic carbocycles. The van der Waals surface area contributed by atoms with E-state index in [4.69, 9.17) is 16.9 Å². The van der Waals surface area contributed by atoms with E-state index in [9.17, 15) is 0 Å². The number of halogens is 2. The zero-order chi connectivity index (χ0) is 13.8. The fraction of sp³-hybridized carbons (Fsp3) is 0.133. The Balaban J connectivity index is 2.20. The topological polar surface area (TPSA) is 27.0 Å². The van der Waals surface area contributed by atoms with Gasteiger partial charge in [0.15, 0.2) is 0 Å². The molecule has 0 heterocycles. The number of benzene rings is 2. The minimum atomic E-state index is 0.646. The van der Waals surface area contributed by atoms with Crippen LogP contribution in [0.3, 0.4) is 0 Å². The lowest BCUT2D eigenvalue weighted by atomic mass is 10.1. The summed E-state index contributed by atoms with van der Waals surface area (Å²) in [5.74, 6) is 0. The lowest BCUT2D eigenvalue weighted by Crippen LogP contribution is -2.16. The van der Waals surface area contributed by atoms with Crippen LogP contribution in [0.4, 0.5) is 5.69 Å². The predicted octanol–water partition coefficient (Wildman–Crippen LogP) is 4.61. The highest BCUT2D eigenvalue weighted by atomic mass is 79.9. The lowest BCUT2D eigenvalue weighted by Gasteiger charge is -2.20. The molecule has 0 spiro atoms. The van der Waals surface area contributed by atoms with Gasteiger partial charge in [-0.25, -0.2) is 0 Å². The molecular formula is C15H12BrClN2. The van der Waals surface area contributed by atoms with E-state index < -0.39 is 0 Å². The Morgan fingerprint density at radius 1 is 1.21 bits per heavy atom. The second kappa shape index (κ2) is 6.10. The monoisotopic (exact) mass is 334 g/mol. The minimum Gasteiger partial charge on any atom is -0.370 e. The maximum Gasteiger partial charge on any atom is 0.0992 e. The van der Waals surface area contributed by atoms with Gasteiger partial charge in [0.25, 0.3) is 0 Å². The van der Waals surface area contributed by atoms with Crippen LogP contribution in [0.1, 0.15) is 11.1 Å². The second-order valence-electron chi connectivity index (χ2n) is 4.29. The van der Waals surface area contributed by atoms with Crippen molar-refractivity contribution in [1.82, 2.24) is 0 Å². The minimum absolute atomic E-state index is 0.646. The van der Waals surface area contributed by atoms with Crippen molar-refractivity contribution in [3.8, 4) is 6.07 Å². The molecular weight excluding hydrogens is 324 g/mol. The van der Waals surface area contributed by atoms with Gasteiger partial charge in [-0.3, -0.25) is 0 Å². The number of nitriles is 1. The van der Waals surface area contributed by atoms with Gasteiger partial charge >= 0.3 is 0 Å². The van der Waals surface area contributed by atoms with Crippen molar-refractivity contribution in [2.45, 2.75) is 6.54 Å². The summed E-state index contributed by atoms with van der Waals surface area (Å²) in [5.41, 5.74) is 2.82. The van der Waals surface area contributed by atoms with Gasteiger partial charge < -0.3 is 4.90 Å². The predicted molar refractivity (Wildman–Crippen MR) is 82.4 cm³/mol. The highest BCUT2D eigenvalue weighted by Gasteiger charge is 2.05. The van der Waals surface area contributed by atoms with E-state index >= 15 is 0 Å². The SMILES string of the molecule is CN(Cc1ccc(Cl)cc1)c1cc(Br)cc(C#N)c1. The number of anilines is 1. The second-order valence-corrected chi connectivity index (χ2v) is 5.64. The molecule has 0 saturated heterocycles. The van der Waals surface area contributed by atoms with Crippen molar-refractivity contribution in [2.75, 3.05) is 11.9 Å². The van der Waals surface area contributed by atoms with E-state index in [-0.39, 0.29) is 0 Å². The summed E-state index contributed by atoms with van der Waals surface area (Å²) in [4.78, 5) is 2.09. The molecule has 0 atom stereocenters. The van der Waals surface area contributed by atoms with E-state index in [1.54, 1.807) is 6.07 Å². The van der Waals surface area contributed by atoms with Gasteiger partial charge in [0.1, 0.15) is 0 Å². The van der Waals surface area contributed by atoms with Crippen molar-refractivity contribution in [3.05, 3.63) is 63.1 Å². The van der Waals surface area contributed by atoms with Crippen molar-refractivity contribution in [2.24, 2.45) is 0 Å². The Hall–Kier alpha value is -1.50. The van der Waals surface area contributed by atoms with Crippen LogP contribution in [0.25, 0.3) is 0 Å². The Morgan fingerprint density at radius 3 is 2.53 bits per heavy atom. The maximum absolute atomic E-state index is 8.98. The van der Waals surface area contributed by atoms with Crippen LogP contribution in [-0.4, -0.2) is 7.05 Å². The highest BCUT2D eigenvalue weighted by molar-refractivity contribution is 9.10. The first-order valence-corrected chi connectivity index (χ1v) is 6.92. The molecule has 0 fully saturated rings. The van der Waals surface area contributed by atoms with Crippen LogP contribution in [-0.2, 0) is 6.54 Å². The van der Waals surface area contributed by atoms with E-state index in [1.165, 1.54) is 5.56 Å². The van der Waals surface area contributed by atoms with Crippen molar-refractivity contribution < 1.29 is 0 Å². The Morgan fingerprint density at radius 2 is 1.89 bits per heavy atom. The molecule has 0 unspecified atom stereocenters. The molecule has 0 bridgehead atoms. The molecule has 0 saturated carbocycles. The van der Waals surface area contributed by atoms with Crippen LogP contribution in [0.2, 0.25) is 5.02 Å². The summed E-state index contributed by atoms with van der Waals surface area (Å²) in [6.07, 6.45) is 0. The first-order chi connectivity index (χ1) is 9.08. The van der Waals surface area contributed by atoms with Gasteiger partial charge in [0.05, 0.1) is 11.6 Å². The fourth-order valence-corrected chi connectivity index (χ4v) is 2.42. The third-order valence-electron chi connectivity index (χ3n) is 2.79. The Bertz CT molecular complexity index is 617. The first kappa shape index (κ1) is 13.9.